The smallest absolute Gasteiger partial charge is 0.412 e. The number of cyclic esters (lactones) is 1. The number of ether oxygens (including phenoxy) is 1. The number of rotatable bonds is 6. The molecule has 0 unspecified atom stereocenters. The van der Waals surface area contributed by atoms with Crippen molar-refractivity contribution < 1.29 is 18.7 Å². The lowest BCUT2D eigenvalue weighted by atomic mass is 9.88. The van der Waals surface area contributed by atoms with Gasteiger partial charge in [0.15, 0.2) is 5.82 Å². The van der Waals surface area contributed by atoms with Crippen molar-refractivity contribution in [3.8, 4) is 0 Å². The first-order chi connectivity index (χ1) is 11.8. The molecular weight excluding hydrogens is 349 g/mol. The molecule has 0 spiro atoms. The number of hydrogen-bond acceptors (Lipinski definition) is 4. The molecule has 0 aliphatic carbocycles. The highest BCUT2D eigenvalue weighted by molar-refractivity contribution is 6.31. The molecule has 1 atom stereocenters. The second kappa shape index (κ2) is 7.65. The van der Waals surface area contributed by atoms with Gasteiger partial charge in [0.05, 0.1) is 21.8 Å². The first-order valence-corrected chi connectivity index (χ1v) is 8.13. The first-order valence-electron chi connectivity index (χ1n) is 7.76. The van der Waals surface area contributed by atoms with Crippen LogP contribution in [0.5, 0.6) is 0 Å². The summed E-state index contributed by atoms with van der Waals surface area (Å²) in [6, 6.07) is 2.90. The van der Waals surface area contributed by atoms with Crippen LogP contribution in [0.2, 0.25) is 5.02 Å². The van der Waals surface area contributed by atoms with Gasteiger partial charge in [-0.15, -0.1) is 0 Å². The zero-order valence-electron chi connectivity index (χ0n) is 13.9. The van der Waals surface area contributed by atoms with E-state index >= 15 is 0 Å². The normalized spacial score (nSPS) is 19.5. The van der Waals surface area contributed by atoms with Crippen molar-refractivity contribution in [2.75, 3.05) is 11.9 Å². The predicted molar refractivity (Wildman–Crippen MR) is 93.7 cm³/mol. The fourth-order valence-corrected chi connectivity index (χ4v) is 2.91. The van der Waals surface area contributed by atoms with Gasteiger partial charge in [0.25, 0.3) is 5.91 Å². The highest BCUT2D eigenvalue weighted by Gasteiger charge is 2.40. The molecule has 1 aromatic rings. The number of amides is 2. The zero-order chi connectivity index (χ0) is 18.6. The molecule has 6 nitrogen and oxygen atoms in total. The summed E-state index contributed by atoms with van der Waals surface area (Å²) in [7, 11) is 0. The Morgan fingerprint density at radius 2 is 2.24 bits per heavy atom. The SMILES string of the molecule is C/C=C(\C=N)C(=O)NCCC[C@@]1(C)OC(=O)Nc2ccc(Cl)c(F)c21. The topological polar surface area (TPSA) is 91.3 Å². The van der Waals surface area contributed by atoms with Crippen LogP contribution in [-0.4, -0.2) is 24.8 Å². The molecule has 25 heavy (non-hydrogen) atoms. The highest BCUT2D eigenvalue weighted by Crippen LogP contribution is 2.42. The van der Waals surface area contributed by atoms with Crippen molar-refractivity contribution in [2.24, 2.45) is 0 Å². The quantitative estimate of drug-likeness (QED) is 0.406. The summed E-state index contributed by atoms with van der Waals surface area (Å²) in [6.45, 7) is 3.57. The van der Waals surface area contributed by atoms with Gasteiger partial charge in [-0.3, -0.25) is 10.1 Å². The summed E-state index contributed by atoms with van der Waals surface area (Å²) in [5.41, 5.74) is -0.422. The van der Waals surface area contributed by atoms with Gasteiger partial charge in [0.2, 0.25) is 0 Å². The lowest BCUT2D eigenvalue weighted by Gasteiger charge is -2.36. The molecule has 1 aliphatic rings. The van der Waals surface area contributed by atoms with Crippen molar-refractivity contribution >= 4 is 35.5 Å². The van der Waals surface area contributed by atoms with Crippen LogP contribution >= 0.6 is 11.6 Å². The summed E-state index contributed by atoms with van der Waals surface area (Å²) in [5.74, 6) is -0.995. The van der Waals surface area contributed by atoms with Crippen LogP contribution in [-0.2, 0) is 15.1 Å². The second-order valence-corrected chi connectivity index (χ2v) is 6.18. The van der Waals surface area contributed by atoms with E-state index in [0.717, 1.165) is 6.21 Å². The molecule has 1 heterocycles. The Morgan fingerprint density at radius 1 is 1.52 bits per heavy atom. The number of allylic oxidation sites excluding steroid dienone is 1. The fraction of sp³-hybridized carbons (Fsp3) is 0.353. The van der Waals surface area contributed by atoms with Gasteiger partial charge in [-0.2, -0.15) is 0 Å². The van der Waals surface area contributed by atoms with Crippen molar-refractivity contribution in [1.29, 1.82) is 5.41 Å². The number of carbonyl (C=O) groups is 2. The van der Waals surface area contributed by atoms with Crippen molar-refractivity contribution in [2.45, 2.75) is 32.3 Å². The largest absolute Gasteiger partial charge is 0.438 e. The Bertz CT molecular complexity index is 751. The molecule has 0 saturated heterocycles. The van der Waals surface area contributed by atoms with E-state index in [0.29, 0.717) is 25.1 Å². The Balaban J connectivity index is 2.10. The molecule has 2 amide bonds. The molecule has 0 aromatic heterocycles. The van der Waals surface area contributed by atoms with Crippen LogP contribution in [0, 0.1) is 11.2 Å². The Morgan fingerprint density at radius 3 is 2.88 bits per heavy atom. The van der Waals surface area contributed by atoms with Crippen LogP contribution in [0.25, 0.3) is 0 Å². The number of anilines is 1. The summed E-state index contributed by atoms with van der Waals surface area (Å²) >= 11 is 5.85. The van der Waals surface area contributed by atoms with Crippen molar-refractivity contribution in [1.82, 2.24) is 5.32 Å². The van der Waals surface area contributed by atoms with E-state index in [-0.39, 0.29) is 22.1 Å². The van der Waals surface area contributed by atoms with E-state index in [9.17, 15) is 14.0 Å². The minimum atomic E-state index is -1.19. The molecule has 0 radical (unpaired) electrons. The number of nitrogens with one attached hydrogen (secondary N) is 3. The fourth-order valence-electron chi connectivity index (χ4n) is 2.75. The number of halogens is 2. The van der Waals surface area contributed by atoms with Gasteiger partial charge in [0, 0.05) is 12.8 Å². The van der Waals surface area contributed by atoms with E-state index in [1.165, 1.54) is 18.2 Å². The average Bonchev–Trinajstić information content (AvgIpc) is 2.55. The maximum Gasteiger partial charge on any atom is 0.412 e. The Hall–Kier alpha value is -2.41. The standard InChI is InChI=1S/C17H19ClFN3O3/c1-3-10(9-20)15(23)21-8-4-7-17(2)13-12(22-16(24)25-17)6-5-11(18)14(13)19/h3,5-6,9,20H,4,7-8H2,1-2H3,(H,21,23)(H,22,24)/b10-3+,20-9?/t17-/m1/s1. The minimum absolute atomic E-state index is 0.0539. The van der Waals surface area contributed by atoms with Crippen LogP contribution in [0.1, 0.15) is 32.3 Å². The van der Waals surface area contributed by atoms with Crippen LogP contribution < -0.4 is 10.6 Å². The van der Waals surface area contributed by atoms with Crippen molar-refractivity contribution in [3.05, 3.63) is 40.2 Å². The molecule has 0 fully saturated rings. The van der Waals surface area contributed by atoms with Gasteiger partial charge in [-0.1, -0.05) is 17.7 Å². The van der Waals surface area contributed by atoms with Gasteiger partial charge in [-0.25, -0.2) is 9.18 Å². The monoisotopic (exact) mass is 367 g/mol. The number of carbonyl (C=O) groups excluding carboxylic acids is 2. The van der Waals surface area contributed by atoms with E-state index in [1.807, 2.05) is 0 Å². The highest BCUT2D eigenvalue weighted by atomic mass is 35.5. The molecule has 0 saturated carbocycles. The lowest BCUT2D eigenvalue weighted by Crippen LogP contribution is -2.39. The third kappa shape index (κ3) is 3.99. The summed E-state index contributed by atoms with van der Waals surface area (Å²) in [4.78, 5) is 23.5. The third-order valence-electron chi connectivity index (χ3n) is 4.02. The van der Waals surface area contributed by atoms with Gasteiger partial charge < -0.3 is 15.5 Å². The van der Waals surface area contributed by atoms with E-state index < -0.39 is 17.5 Å². The van der Waals surface area contributed by atoms with Crippen LogP contribution in [0.3, 0.4) is 0 Å². The van der Waals surface area contributed by atoms with Gasteiger partial charge in [-0.05, 0) is 38.8 Å². The summed E-state index contributed by atoms with van der Waals surface area (Å²) in [5, 5.41) is 12.2. The Kier molecular flexibility index (Phi) is 5.79. The average molecular weight is 368 g/mol. The molecule has 3 N–H and O–H groups in total. The van der Waals surface area contributed by atoms with E-state index in [1.54, 1.807) is 13.8 Å². The summed E-state index contributed by atoms with van der Waals surface area (Å²) < 4.78 is 19.8. The summed E-state index contributed by atoms with van der Waals surface area (Å²) in [6.07, 6.45) is 2.57. The molecule has 8 heteroatoms. The minimum Gasteiger partial charge on any atom is -0.438 e. The maximum absolute atomic E-state index is 14.5. The molecule has 1 aromatic carbocycles. The molecule has 2 rings (SSSR count). The van der Waals surface area contributed by atoms with Crippen LogP contribution in [0.4, 0.5) is 14.9 Å². The number of benzene rings is 1. The van der Waals surface area contributed by atoms with Crippen molar-refractivity contribution in [3.63, 3.8) is 0 Å². The second-order valence-electron chi connectivity index (χ2n) is 5.78. The van der Waals surface area contributed by atoms with E-state index in [4.69, 9.17) is 21.7 Å². The molecular formula is C17H19ClFN3O3. The van der Waals surface area contributed by atoms with Gasteiger partial charge >= 0.3 is 6.09 Å². The van der Waals surface area contributed by atoms with E-state index in [2.05, 4.69) is 10.6 Å². The zero-order valence-corrected chi connectivity index (χ0v) is 14.7. The van der Waals surface area contributed by atoms with Gasteiger partial charge in [0.1, 0.15) is 5.60 Å². The first kappa shape index (κ1) is 18.9. The Labute approximate surface area is 149 Å². The number of hydrogen-bond donors (Lipinski definition) is 3. The molecule has 0 bridgehead atoms. The maximum atomic E-state index is 14.5. The third-order valence-corrected chi connectivity index (χ3v) is 4.32. The molecule has 134 valence electrons. The molecule has 1 aliphatic heterocycles. The number of fused-ring (bicyclic) bond motifs is 1. The van der Waals surface area contributed by atoms with Crippen LogP contribution in [0.15, 0.2) is 23.8 Å². The lowest BCUT2D eigenvalue weighted by molar-refractivity contribution is -0.117. The predicted octanol–water partition coefficient (Wildman–Crippen LogP) is 3.75.